The van der Waals surface area contributed by atoms with Gasteiger partial charge >= 0.3 is 5.97 Å². The first kappa shape index (κ1) is 20.2. The molecule has 2 aromatic carbocycles. The molecule has 0 saturated heterocycles. The minimum Gasteiger partial charge on any atom is -0.459 e. The molecule has 0 spiro atoms. The van der Waals surface area contributed by atoms with E-state index in [1.165, 1.54) is 0 Å². The number of amides is 1. The number of aromatic nitrogens is 1. The molecule has 7 heteroatoms. The number of hydrogen-bond donors (Lipinski definition) is 1. The van der Waals surface area contributed by atoms with Gasteiger partial charge in [0.05, 0.1) is 5.52 Å². The summed E-state index contributed by atoms with van der Waals surface area (Å²) in [6.07, 6.45) is 1.99. The van der Waals surface area contributed by atoms with E-state index in [0.717, 1.165) is 21.4 Å². The number of nitrogens with one attached hydrogen (secondary N) is 1. The van der Waals surface area contributed by atoms with E-state index < -0.39 is 5.97 Å². The van der Waals surface area contributed by atoms with Gasteiger partial charge in [0.15, 0.2) is 0 Å². The van der Waals surface area contributed by atoms with Crippen LogP contribution in [0.5, 0.6) is 0 Å². The van der Waals surface area contributed by atoms with Crippen molar-refractivity contribution >= 4 is 46.1 Å². The van der Waals surface area contributed by atoms with Crippen molar-refractivity contribution in [3.8, 4) is 0 Å². The number of thioether (sulfide) groups is 1. The van der Waals surface area contributed by atoms with Gasteiger partial charge in [0.1, 0.15) is 18.3 Å². The lowest BCUT2D eigenvalue weighted by atomic mass is 10.1. The Morgan fingerprint density at radius 1 is 1.18 bits per heavy atom. The van der Waals surface area contributed by atoms with Crippen LogP contribution in [0.1, 0.15) is 21.5 Å². The smallest absolute Gasteiger partial charge is 0.325 e. The third-order valence-electron chi connectivity index (χ3n) is 4.11. The number of rotatable bonds is 6. The molecule has 0 fully saturated rings. The number of carbonyl (C=O) groups excluding carboxylic acids is 2. The second kappa shape index (κ2) is 9.08. The van der Waals surface area contributed by atoms with Crippen molar-refractivity contribution in [1.29, 1.82) is 0 Å². The Kier molecular flexibility index (Phi) is 6.54. The lowest BCUT2D eigenvalue weighted by Gasteiger charge is -2.09. The Morgan fingerprint density at radius 3 is 2.75 bits per heavy atom. The Hall–Kier alpha value is -2.57. The van der Waals surface area contributed by atoms with Crippen LogP contribution in [0.15, 0.2) is 53.4 Å². The van der Waals surface area contributed by atoms with Crippen LogP contribution < -0.4 is 5.32 Å². The van der Waals surface area contributed by atoms with Crippen LogP contribution in [-0.4, -0.2) is 29.7 Å². The Labute approximate surface area is 172 Å². The van der Waals surface area contributed by atoms with E-state index in [-0.39, 0.29) is 19.1 Å². The molecule has 5 nitrogen and oxygen atoms in total. The largest absolute Gasteiger partial charge is 0.459 e. The van der Waals surface area contributed by atoms with Gasteiger partial charge < -0.3 is 10.1 Å². The average molecular weight is 415 g/mol. The number of halogens is 1. The molecule has 0 aliphatic carbocycles. The third kappa shape index (κ3) is 5.03. The molecule has 1 amide bonds. The highest BCUT2D eigenvalue weighted by atomic mass is 35.5. The monoisotopic (exact) mass is 414 g/mol. The van der Waals surface area contributed by atoms with Crippen LogP contribution >= 0.6 is 23.4 Å². The molecular weight excluding hydrogens is 396 g/mol. The summed E-state index contributed by atoms with van der Waals surface area (Å²) in [7, 11) is 0. The topological polar surface area (TPSA) is 68.3 Å². The second-order valence-electron chi connectivity index (χ2n) is 6.21. The van der Waals surface area contributed by atoms with Crippen LogP contribution in [0.2, 0.25) is 5.15 Å². The zero-order valence-corrected chi connectivity index (χ0v) is 17.1. The lowest BCUT2D eigenvalue weighted by molar-refractivity contribution is -0.143. The molecule has 3 aromatic rings. The predicted octanol–water partition coefficient (Wildman–Crippen LogP) is 4.39. The summed E-state index contributed by atoms with van der Waals surface area (Å²) in [4.78, 5) is 29.5. The van der Waals surface area contributed by atoms with E-state index >= 15 is 0 Å². The Balaban J connectivity index is 1.58. The average Bonchev–Trinajstić information content (AvgIpc) is 2.69. The molecule has 0 bridgehead atoms. The molecular formula is C21H19ClN2O3S. The van der Waals surface area contributed by atoms with Gasteiger partial charge in [-0.1, -0.05) is 35.4 Å². The number of nitrogens with zero attached hydrogens (tertiary/aromatic N) is 1. The van der Waals surface area contributed by atoms with E-state index in [0.29, 0.717) is 16.3 Å². The first-order valence-corrected chi connectivity index (χ1v) is 10.2. The summed E-state index contributed by atoms with van der Waals surface area (Å²) in [6.45, 7) is 1.67. The van der Waals surface area contributed by atoms with Crippen LogP contribution in [0.3, 0.4) is 0 Å². The van der Waals surface area contributed by atoms with Crippen molar-refractivity contribution in [3.63, 3.8) is 0 Å². The fourth-order valence-corrected chi connectivity index (χ4v) is 3.28. The van der Waals surface area contributed by atoms with Crippen molar-refractivity contribution in [2.24, 2.45) is 0 Å². The van der Waals surface area contributed by atoms with Gasteiger partial charge in [-0.2, -0.15) is 0 Å². The third-order valence-corrected chi connectivity index (χ3v) is 5.17. The summed E-state index contributed by atoms with van der Waals surface area (Å²) in [5.74, 6) is -0.870. The highest BCUT2D eigenvalue weighted by Gasteiger charge is 2.11. The van der Waals surface area contributed by atoms with E-state index in [1.54, 1.807) is 30.0 Å². The van der Waals surface area contributed by atoms with Gasteiger partial charge in [0, 0.05) is 21.4 Å². The molecule has 0 saturated carbocycles. The number of ether oxygens (including phenoxy) is 1. The van der Waals surface area contributed by atoms with Gasteiger partial charge in [-0.3, -0.25) is 9.59 Å². The first-order valence-electron chi connectivity index (χ1n) is 8.60. The number of benzene rings is 2. The number of pyridine rings is 1. The van der Waals surface area contributed by atoms with Crippen molar-refractivity contribution in [3.05, 3.63) is 70.4 Å². The summed E-state index contributed by atoms with van der Waals surface area (Å²) >= 11 is 7.85. The van der Waals surface area contributed by atoms with Crippen molar-refractivity contribution < 1.29 is 14.3 Å². The van der Waals surface area contributed by atoms with Crippen molar-refractivity contribution in [1.82, 2.24) is 10.3 Å². The maximum Gasteiger partial charge on any atom is 0.325 e. The molecule has 144 valence electrons. The van der Waals surface area contributed by atoms with Crippen molar-refractivity contribution in [2.75, 3.05) is 12.8 Å². The van der Waals surface area contributed by atoms with E-state index in [1.807, 2.05) is 43.5 Å². The maximum atomic E-state index is 12.1. The van der Waals surface area contributed by atoms with Crippen LogP contribution in [0.25, 0.3) is 10.9 Å². The van der Waals surface area contributed by atoms with Gasteiger partial charge in [-0.25, -0.2) is 4.98 Å². The Morgan fingerprint density at radius 2 is 2.00 bits per heavy atom. The van der Waals surface area contributed by atoms with Gasteiger partial charge in [-0.05, 0) is 43.5 Å². The minimum atomic E-state index is -0.546. The molecule has 3 rings (SSSR count). The van der Waals surface area contributed by atoms with Gasteiger partial charge in [-0.15, -0.1) is 11.8 Å². The number of aryl methyl sites for hydroxylation is 1. The molecule has 0 unspecified atom stereocenters. The fraction of sp³-hybridized carbons (Fsp3) is 0.190. The molecule has 0 aliphatic heterocycles. The predicted molar refractivity (Wildman–Crippen MR) is 112 cm³/mol. The Bertz CT molecular complexity index is 1040. The maximum absolute atomic E-state index is 12.1. The summed E-state index contributed by atoms with van der Waals surface area (Å²) in [5.41, 5.74) is 2.87. The minimum absolute atomic E-state index is 0.00873. The van der Waals surface area contributed by atoms with Crippen LogP contribution in [0, 0.1) is 6.92 Å². The number of fused-ring (bicyclic) bond motifs is 1. The number of carbonyl (C=O) groups is 2. The summed E-state index contributed by atoms with van der Waals surface area (Å²) in [5, 5.41) is 3.77. The normalized spacial score (nSPS) is 10.7. The van der Waals surface area contributed by atoms with E-state index in [2.05, 4.69) is 10.3 Å². The molecule has 1 aromatic heterocycles. The zero-order valence-electron chi connectivity index (χ0n) is 15.5. The van der Waals surface area contributed by atoms with E-state index in [9.17, 15) is 9.59 Å². The highest BCUT2D eigenvalue weighted by Crippen LogP contribution is 2.25. The molecule has 28 heavy (non-hydrogen) atoms. The summed E-state index contributed by atoms with van der Waals surface area (Å²) < 4.78 is 5.23. The number of hydrogen-bond acceptors (Lipinski definition) is 5. The van der Waals surface area contributed by atoms with E-state index in [4.69, 9.17) is 16.3 Å². The number of esters is 1. The van der Waals surface area contributed by atoms with Crippen molar-refractivity contribution in [2.45, 2.75) is 18.4 Å². The van der Waals surface area contributed by atoms with Crippen LogP contribution in [0.4, 0.5) is 0 Å². The standard InChI is InChI=1S/C21H19ClN2O3S/c1-13-4-3-5-15(8-13)21(26)23-11-19(25)27-12-16-9-14-6-7-17(28-2)10-18(14)24-20(16)22/h3-10H,11-12H2,1-2H3,(H,23,26). The van der Waals surface area contributed by atoms with Gasteiger partial charge in [0.25, 0.3) is 5.91 Å². The highest BCUT2D eigenvalue weighted by molar-refractivity contribution is 7.98. The lowest BCUT2D eigenvalue weighted by Crippen LogP contribution is -2.30. The fourth-order valence-electron chi connectivity index (χ4n) is 2.65. The second-order valence-corrected chi connectivity index (χ2v) is 7.45. The first-order chi connectivity index (χ1) is 13.5. The molecule has 1 heterocycles. The molecule has 0 radical (unpaired) electrons. The zero-order chi connectivity index (χ0) is 20.1. The quantitative estimate of drug-likeness (QED) is 0.368. The van der Waals surface area contributed by atoms with Crippen LogP contribution in [-0.2, 0) is 16.1 Å². The van der Waals surface area contributed by atoms with Gasteiger partial charge in [0.2, 0.25) is 0 Å². The summed E-state index contributed by atoms with van der Waals surface area (Å²) in [6, 6.07) is 14.9. The molecule has 0 atom stereocenters. The SMILES string of the molecule is CSc1ccc2cc(COC(=O)CNC(=O)c3cccc(C)c3)c(Cl)nc2c1. The molecule has 0 aliphatic rings. The molecule has 1 N–H and O–H groups in total.